The summed E-state index contributed by atoms with van der Waals surface area (Å²) in [7, 11) is -3.56. The monoisotopic (exact) mass is 394 g/mol. The number of hydrogen-bond acceptors (Lipinski definition) is 6. The Bertz CT molecular complexity index is 843. The molecular weight excluding hydrogens is 380 g/mol. The van der Waals surface area contributed by atoms with Crippen molar-refractivity contribution in [2.45, 2.75) is 23.5 Å². The van der Waals surface area contributed by atoms with Crippen molar-refractivity contribution in [3.63, 3.8) is 0 Å². The van der Waals surface area contributed by atoms with Gasteiger partial charge in [0.1, 0.15) is 6.07 Å². The molecule has 6 nitrogen and oxygen atoms in total. The number of hydrogen-bond donors (Lipinski definition) is 1. The molecule has 0 saturated carbocycles. The largest absolute Gasteiger partial charge is 0.366 e. The predicted octanol–water partition coefficient (Wildman–Crippen LogP) is 2.78. The van der Waals surface area contributed by atoms with Gasteiger partial charge in [-0.15, -0.1) is 0 Å². The van der Waals surface area contributed by atoms with Crippen LogP contribution in [0.25, 0.3) is 0 Å². The van der Waals surface area contributed by atoms with E-state index in [1.54, 1.807) is 38.1 Å². The molecule has 0 spiro atoms. The van der Waals surface area contributed by atoms with E-state index in [9.17, 15) is 8.42 Å². The Morgan fingerprint density at radius 2 is 1.83 bits per heavy atom. The van der Waals surface area contributed by atoms with Crippen LogP contribution in [0.2, 0.25) is 0 Å². The van der Waals surface area contributed by atoms with Crippen LogP contribution in [0.15, 0.2) is 46.0 Å². The number of rotatable bonds is 5. The molecule has 0 aliphatic rings. The smallest absolute Gasteiger partial charge is 0.185 e. The van der Waals surface area contributed by atoms with E-state index in [1.165, 1.54) is 12.4 Å². The summed E-state index contributed by atoms with van der Waals surface area (Å²) in [6.07, 6.45) is 2.85. The van der Waals surface area contributed by atoms with Crippen LogP contribution in [-0.4, -0.2) is 29.7 Å². The number of nitrogens with one attached hydrogen (secondary N) is 1. The lowest BCUT2D eigenvalue weighted by atomic mass is 10.2. The predicted molar refractivity (Wildman–Crippen MR) is 90.6 cm³/mol. The minimum atomic E-state index is -3.56. The lowest BCUT2D eigenvalue weighted by Crippen LogP contribution is -2.39. The molecule has 0 saturated heterocycles. The van der Waals surface area contributed by atoms with E-state index in [-0.39, 0.29) is 23.0 Å². The summed E-state index contributed by atoms with van der Waals surface area (Å²) >= 11 is 3.29. The Kier molecular flexibility index (Phi) is 5.02. The van der Waals surface area contributed by atoms with Gasteiger partial charge in [-0.2, -0.15) is 5.26 Å². The average molecular weight is 395 g/mol. The molecule has 0 aliphatic carbocycles. The molecule has 120 valence electrons. The SMILES string of the molecule is CC(C)(CNc1nccnc1C#N)S(=O)(=O)c1ccc(Br)cc1. The fourth-order valence-electron chi connectivity index (χ4n) is 1.87. The van der Waals surface area contributed by atoms with Crippen molar-refractivity contribution in [3.05, 3.63) is 46.8 Å². The summed E-state index contributed by atoms with van der Waals surface area (Å²) in [6.45, 7) is 3.35. The van der Waals surface area contributed by atoms with Gasteiger partial charge in [0.25, 0.3) is 0 Å². The van der Waals surface area contributed by atoms with Crippen molar-refractivity contribution >= 4 is 31.6 Å². The highest BCUT2D eigenvalue weighted by molar-refractivity contribution is 9.10. The zero-order valence-corrected chi connectivity index (χ0v) is 15.0. The summed E-state index contributed by atoms with van der Waals surface area (Å²) in [6, 6.07) is 8.41. The molecule has 1 heterocycles. The van der Waals surface area contributed by atoms with E-state index in [0.29, 0.717) is 0 Å². The lowest BCUT2D eigenvalue weighted by Gasteiger charge is -2.25. The van der Waals surface area contributed by atoms with E-state index in [2.05, 4.69) is 31.2 Å². The Morgan fingerprint density at radius 3 is 2.43 bits per heavy atom. The van der Waals surface area contributed by atoms with E-state index >= 15 is 0 Å². The van der Waals surface area contributed by atoms with Crippen LogP contribution in [0.1, 0.15) is 19.5 Å². The molecule has 2 aromatic rings. The first-order valence-corrected chi connectivity index (χ1v) is 9.01. The normalized spacial score (nSPS) is 11.7. The Balaban J connectivity index is 2.24. The van der Waals surface area contributed by atoms with E-state index in [0.717, 1.165) is 4.47 Å². The Hall–Kier alpha value is -1.98. The zero-order valence-electron chi connectivity index (χ0n) is 12.6. The average Bonchev–Trinajstić information content (AvgIpc) is 2.53. The fraction of sp³-hybridized carbons (Fsp3) is 0.267. The van der Waals surface area contributed by atoms with Gasteiger partial charge in [-0.05, 0) is 38.1 Å². The van der Waals surface area contributed by atoms with Gasteiger partial charge >= 0.3 is 0 Å². The summed E-state index contributed by atoms with van der Waals surface area (Å²) in [4.78, 5) is 8.15. The van der Waals surface area contributed by atoms with E-state index in [1.807, 2.05) is 6.07 Å². The number of nitrogens with zero attached hydrogens (tertiary/aromatic N) is 3. The van der Waals surface area contributed by atoms with Gasteiger partial charge in [-0.25, -0.2) is 18.4 Å². The van der Waals surface area contributed by atoms with Crippen molar-refractivity contribution in [1.29, 1.82) is 5.26 Å². The molecule has 0 fully saturated rings. The van der Waals surface area contributed by atoms with Gasteiger partial charge in [-0.3, -0.25) is 0 Å². The van der Waals surface area contributed by atoms with E-state index < -0.39 is 14.6 Å². The molecule has 0 unspecified atom stereocenters. The van der Waals surface area contributed by atoms with Crippen molar-refractivity contribution in [2.24, 2.45) is 0 Å². The maximum absolute atomic E-state index is 12.8. The maximum atomic E-state index is 12.8. The van der Waals surface area contributed by atoms with Crippen molar-refractivity contribution in [2.75, 3.05) is 11.9 Å². The van der Waals surface area contributed by atoms with Gasteiger partial charge < -0.3 is 5.32 Å². The number of aromatic nitrogens is 2. The minimum Gasteiger partial charge on any atom is -0.366 e. The molecule has 8 heteroatoms. The first-order chi connectivity index (χ1) is 10.8. The lowest BCUT2D eigenvalue weighted by molar-refractivity contribution is 0.553. The fourth-order valence-corrected chi connectivity index (χ4v) is 3.53. The van der Waals surface area contributed by atoms with Gasteiger partial charge in [-0.1, -0.05) is 15.9 Å². The topological polar surface area (TPSA) is 95.7 Å². The van der Waals surface area contributed by atoms with Crippen molar-refractivity contribution in [3.8, 4) is 6.07 Å². The third kappa shape index (κ3) is 3.68. The molecule has 0 aliphatic heterocycles. The quantitative estimate of drug-likeness (QED) is 0.837. The zero-order chi connectivity index (χ0) is 17.1. The molecule has 0 atom stereocenters. The van der Waals surface area contributed by atoms with Crippen LogP contribution in [0.5, 0.6) is 0 Å². The molecule has 1 N–H and O–H groups in total. The van der Waals surface area contributed by atoms with Gasteiger partial charge in [0.2, 0.25) is 0 Å². The first-order valence-electron chi connectivity index (χ1n) is 6.73. The molecule has 0 bridgehead atoms. The van der Waals surface area contributed by atoms with Crippen LogP contribution in [0.4, 0.5) is 5.82 Å². The van der Waals surface area contributed by atoms with Crippen molar-refractivity contribution < 1.29 is 8.42 Å². The second-order valence-electron chi connectivity index (χ2n) is 5.44. The van der Waals surface area contributed by atoms with Crippen LogP contribution < -0.4 is 5.32 Å². The third-order valence-corrected chi connectivity index (χ3v) is 6.36. The molecule has 0 radical (unpaired) electrons. The molecule has 1 aromatic heterocycles. The second-order valence-corrected chi connectivity index (χ2v) is 8.94. The number of nitriles is 1. The molecule has 1 aromatic carbocycles. The minimum absolute atomic E-state index is 0.0960. The number of benzene rings is 1. The van der Waals surface area contributed by atoms with E-state index in [4.69, 9.17) is 5.26 Å². The third-order valence-electron chi connectivity index (χ3n) is 3.34. The number of sulfone groups is 1. The Morgan fingerprint density at radius 1 is 1.22 bits per heavy atom. The summed E-state index contributed by atoms with van der Waals surface area (Å²) in [5.41, 5.74) is 0.129. The first kappa shape index (κ1) is 17.4. The molecule has 0 amide bonds. The second kappa shape index (κ2) is 6.64. The number of halogens is 1. The van der Waals surface area contributed by atoms with Gasteiger partial charge in [0.05, 0.1) is 9.64 Å². The van der Waals surface area contributed by atoms with Gasteiger partial charge in [0, 0.05) is 23.4 Å². The highest BCUT2D eigenvalue weighted by atomic mass is 79.9. The standard InChI is InChI=1S/C15H15BrN4O2S/c1-15(2,10-20-14-13(9-17)18-7-8-19-14)23(21,22)12-5-3-11(16)4-6-12/h3-8H,10H2,1-2H3,(H,19,20). The molecule has 2 rings (SSSR count). The van der Waals surface area contributed by atoms with Crippen molar-refractivity contribution in [1.82, 2.24) is 9.97 Å². The highest BCUT2D eigenvalue weighted by Gasteiger charge is 2.35. The maximum Gasteiger partial charge on any atom is 0.185 e. The molecule has 23 heavy (non-hydrogen) atoms. The van der Waals surface area contributed by atoms with Crippen LogP contribution in [0.3, 0.4) is 0 Å². The van der Waals surface area contributed by atoms with Crippen LogP contribution in [0, 0.1) is 11.3 Å². The Labute approximate surface area is 143 Å². The summed E-state index contributed by atoms with van der Waals surface area (Å²) in [5, 5.41) is 11.9. The van der Waals surface area contributed by atoms with Gasteiger partial charge in [0.15, 0.2) is 21.3 Å². The molecular formula is C15H15BrN4O2S. The highest BCUT2D eigenvalue weighted by Crippen LogP contribution is 2.27. The summed E-state index contributed by atoms with van der Waals surface area (Å²) < 4.78 is 25.3. The van der Waals surface area contributed by atoms with Crippen LogP contribution in [-0.2, 0) is 9.84 Å². The summed E-state index contributed by atoms with van der Waals surface area (Å²) in [5.74, 6) is 0.272. The number of anilines is 1. The van der Waals surface area contributed by atoms with Crippen LogP contribution >= 0.6 is 15.9 Å².